The van der Waals surface area contributed by atoms with E-state index in [0.29, 0.717) is 0 Å². The molecule has 0 saturated heterocycles. The minimum atomic E-state index is -3.92. The summed E-state index contributed by atoms with van der Waals surface area (Å²) in [5.74, 6) is -2.27. The molecule has 0 aliphatic rings. The van der Waals surface area contributed by atoms with Gasteiger partial charge in [-0.3, -0.25) is 14.1 Å². The Balaban J connectivity index is 0. The van der Waals surface area contributed by atoms with E-state index in [-0.39, 0.29) is 19.6 Å². The van der Waals surface area contributed by atoms with E-state index >= 15 is 0 Å². The van der Waals surface area contributed by atoms with Crippen molar-refractivity contribution in [1.82, 2.24) is 5.32 Å². The highest BCUT2D eigenvalue weighted by Crippen LogP contribution is 2.19. The van der Waals surface area contributed by atoms with E-state index in [4.69, 9.17) is 19.9 Å². The molecule has 0 bridgehead atoms. The summed E-state index contributed by atoms with van der Waals surface area (Å²) in [4.78, 5) is 21.4. The number of carboxylic acid groups (broad SMARTS) is 1. The van der Waals surface area contributed by atoms with Crippen molar-refractivity contribution in [2.45, 2.75) is 26.4 Å². The van der Waals surface area contributed by atoms with Crippen molar-refractivity contribution >= 4 is 22.0 Å². The van der Waals surface area contributed by atoms with Crippen molar-refractivity contribution < 1.29 is 43.0 Å². The first-order chi connectivity index (χ1) is 9.87. The maximum absolute atomic E-state index is 11.3. The maximum Gasteiger partial charge on any atom is 0.305 e. The SMILES string of the molecule is CC(C)(CO)[C@@H](O)C(=O)NCCC(=O)O.O=S(=O)(O)CCO. The molecule has 11 heteroatoms. The van der Waals surface area contributed by atoms with E-state index in [9.17, 15) is 23.1 Å². The molecular weight excluding hydrogens is 322 g/mol. The molecule has 0 aromatic heterocycles. The number of hydrogen-bond donors (Lipinski definition) is 6. The van der Waals surface area contributed by atoms with Crippen LogP contribution in [0.3, 0.4) is 0 Å². The number of carboxylic acids is 1. The number of carbonyl (C=O) groups is 2. The van der Waals surface area contributed by atoms with Crippen LogP contribution in [0.25, 0.3) is 0 Å². The molecule has 10 nitrogen and oxygen atoms in total. The molecule has 6 N–H and O–H groups in total. The fourth-order valence-corrected chi connectivity index (χ4v) is 1.18. The number of nitrogens with one attached hydrogen (secondary N) is 1. The summed E-state index contributed by atoms with van der Waals surface area (Å²) in [6.07, 6.45) is -1.55. The third kappa shape index (κ3) is 12.5. The maximum atomic E-state index is 11.3. The molecule has 0 spiro atoms. The predicted octanol–water partition coefficient (Wildman–Crippen LogP) is -2.18. The second kappa shape index (κ2) is 10.5. The molecule has 0 aliphatic carbocycles. The minimum absolute atomic E-state index is 0.0350. The van der Waals surface area contributed by atoms with Crippen LogP contribution >= 0.6 is 0 Å². The van der Waals surface area contributed by atoms with Crippen LogP contribution in [-0.4, -0.2) is 76.9 Å². The first-order valence-electron chi connectivity index (χ1n) is 6.22. The molecule has 0 saturated carbocycles. The van der Waals surface area contributed by atoms with Gasteiger partial charge in [0.15, 0.2) is 0 Å². The largest absolute Gasteiger partial charge is 0.481 e. The normalized spacial score (nSPS) is 12.8. The Morgan fingerprint density at radius 1 is 1.23 bits per heavy atom. The Hall–Kier alpha value is -1.27. The summed E-state index contributed by atoms with van der Waals surface area (Å²) in [5, 5.41) is 36.8. The van der Waals surface area contributed by atoms with Crippen LogP contribution in [0.2, 0.25) is 0 Å². The lowest BCUT2D eigenvalue weighted by molar-refractivity contribution is -0.138. The van der Waals surface area contributed by atoms with Crippen LogP contribution in [-0.2, 0) is 19.7 Å². The second-order valence-corrected chi connectivity index (χ2v) is 6.57. The zero-order valence-corrected chi connectivity index (χ0v) is 13.2. The lowest BCUT2D eigenvalue weighted by Gasteiger charge is -2.26. The van der Waals surface area contributed by atoms with Crippen LogP contribution in [0.5, 0.6) is 0 Å². The zero-order valence-electron chi connectivity index (χ0n) is 12.4. The van der Waals surface area contributed by atoms with Crippen LogP contribution < -0.4 is 5.32 Å². The Morgan fingerprint density at radius 2 is 1.73 bits per heavy atom. The molecule has 0 aromatic rings. The average molecular weight is 345 g/mol. The lowest BCUT2D eigenvalue weighted by atomic mass is 9.87. The van der Waals surface area contributed by atoms with Crippen molar-refractivity contribution in [3.8, 4) is 0 Å². The minimum Gasteiger partial charge on any atom is -0.481 e. The summed E-state index contributed by atoms with van der Waals surface area (Å²) in [6.45, 7) is 2.18. The summed E-state index contributed by atoms with van der Waals surface area (Å²) < 4.78 is 27.1. The Bertz CT molecular complexity index is 446. The van der Waals surface area contributed by atoms with Gasteiger partial charge in [-0.15, -0.1) is 0 Å². The smallest absolute Gasteiger partial charge is 0.305 e. The van der Waals surface area contributed by atoms with Gasteiger partial charge in [0.1, 0.15) is 6.10 Å². The quantitative estimate of drug-likeness (QED) is 0.266. The van der Waals surface area contributed by atoms with Gasteiger partial charge in [0, 0.05) is 12.0 Å². The molecule has 0 aliphatic heterocycles. The average Bonchev–Trinajstić information content (AvgIpc) is 2.36. The predicted molar refractivity (Wildman–Crippen MR) is 75.6 cm³/mol. The topological polar surface area (TPSA) is 181 Å². The van der Waals surface area contributed by atoms with Crippen LogP contribution in [0.15, 0.2) is 0 Å². The van der Waals surface area contributed by atoms with E-state index < -0.39 is 45.9 Å². The molecule has 132 valence electrons. The van der Waals surface area contributed by atoms with E-state index in [2.05, 4.69) is 5.32 Å². The Kier molecular flexibility index (Phi) is 10.9. The first-order valence-corrected chi connectivity index (χ1v) is 7.82. The van der Waals surface area contributed by atoms with Crippen LogP contribution in [0.4, 0.5) is 0 Å². The van der Waals surface area contributed by atoms with Crippen molar-refractivity contribution in [1.29, 1.82) is 0 Å². The first kappa shape index (κ1) is 23.0. The molecule has 22 heavy (non-hydrogen) atoms. The summed E-state index contributed by atoms with van der Waals surface area (Å²) >= 11 is 0. The number of carbonyl (C=O) groups excluding carboxylic acids is 1. The van der Waals surface area contributed by atoms with Crippen molar-refractivity contribution in [2.24, 2.45) is 5.41 Å². The lowest BCUT2D eigenvalue weighted by Crippen LogP contribution is -2.45. The molecular formula is C11H23NO9S. The standard InChI is InChI=1S/C9H17NO5.C2H6O4S/c1-9(2,5-11)7(14)8(15)10-4-3-6(12)13;3-1-2-7(4,5)6/h7,11,14H,3-5H2,1-2H3,(H,10,15)(H,12,13);3H,1-2H2,(H,4,5,6)/t7-;/m0./s1. The van der Waals surface area contributed by atoms with Gasteiger partial charge in [-0.25, -0.2) is 0 Å². The van der Waals surface area contributed by atoms with Crippen molar-refractivity contribution in [3.63, 3.8) is 0 Å². The highest BCUT2D eigenvalue weighted by atomic mass is 32.2. The fraction of sp³-hybridized carbons (Fsp3) is 0.818. The van der Waals surface area contributed by atoms with Crippen LogP contribution in [0, 0.1) is 5.41 Å². The van der Waals surface area contributed by atoms with Gasteiger partial charge in [-0.1, -0.05) is 13.8 Å². The number of hydrogen-bond acceptors (Lipinski definition) is 7. The van der Waals surface area contributed by atoms with Gasteiger partial charge in [0.05, 0.1) is 25.4 Å². The number of amides is 1. The second-order valence-electron chi connectivity index (χ2n) is 4.99. The van der Waals surface area contributed by atoms with Gasteiger partial charge < -0.3 is 25.7 Å². The van der Waals surface area contributed by atoms with E-state index in [1.807, 2.05) is 0 Å². The van der Waals surface area contributed by atoms with Gasteiger partial charge in [0.2, 0.25) is 5.91 Å². The van der Waals surface area contributed by atoms with E-state index in [1.54, 1.807) is 0 Å². The number of aliphatic hydroxyl groups excluding tert-OH is 3. The Morgan fingerprint density at radius 3 is 2.00 bits per heavy atom. The fourth-order valence-electron chi connectivity index (χ4n) is 0.946. The van der Waals surface area contributed by atoms with Crippen molar-refractivity contribution in [2.75, 3.05) is 25.5 Å². The Labute approximate surface area is 128 Å². The molecule has 1 atom stereocenters. The number of aliphatic carboxylic acids is 1. The molecule has 0 aromatic carbocycles. The third-order valence-corrected chi connectivity index (χ3v) is 3.08. The highest BCUT2D eigenvalue weighted by molar-refractivity contribution is 7.85. The third-order valence-electron chi connectivity index (χ3n) is 2.38. The zero-order chi connectivity index (χ0) is 18.0. The van der Waals surface area contributed by atoms with E-state index in [1.165, 1.54) is 13.8 Å². The number of rotatable bonds is 8. The summed E-state index contributed by atoms with van der Waals surface area (Å²) in [5.41, 5.74) is -0.937. The molecule has 0 heterocycles. The summed E-state index contributed by atoms with van der Waals surface area (Å²) in [7, 11) is -3.92. The molecule has 0 radical (unpaired) electrons. The summed E-state index contributed by atoms with van der Waals surface area (Å²) in [6, 6.07) is 0. The van der Waals surface area contributed by atoms with Crippen LogP contribution in [0.1, 0.15) is 20.3 Å². The molecule has 0 rings (SSSR count). The number of aliphatic hydroxyl groups is 3. The van der Waals surface area contributed by atoms with Gasteiger partial charge in [-0.2, -0.15) is 8.42 Å². The van der Waals surface area contributed by atoms with Gasteiger partial charge in [-0.05, 0) is 0 Å². The molecule has 0 unspecified atom stereocenters. The monoisotopic (exact) mass is 345 g/mol. The molecule has 1 amide bonds. The van der Waals surface area contributed by atoms with Crippen molar-refractivity contribution in [3.05, 3.63) is 0 Å². The van der Waals surface area contributed by atoms with Gasteiger partial charge in [0.25, 0.3) is 10.1 Å². The van der Waals surface area contributed by atoms with Gasteiger partial charge >= 0.3 is 5.97 Å². The van der Waals surface area contributed by atoms with E-state index in [0.717, 1.165) is 0 Å². The highest BCUT2D eigenvalue weighted by Gasteiger charge is 2.32. The molecule has 0 fully saturated rings.